The summed E-state index contributed by atoms with van der Waals surface area (Å²) < 4.78 is 15.2. The van der Waals surface area contributed by atoms with Crippen LogP contribution in [0.1, 0.15) is 53.6 Å². The Morgan fingerprint density at radius 2 is 1.97 bits per heavy atom. The van der Waals surface area contributed by atoms with Gasteiger partial charge in [-0.25, -0.2) is 9.37 Å². The van der Waals surface area contributed by atoms with Crippen LogP contribution < -0.4 is 10.6 Å². The summed E-state index contributed by atoms with van der Waals surface area (Å²) >= 11 is 1.26. The number of amides is 2. The Balaban J connectivity index is 1.52. The second kappa shape index (κ2) is 11.0. The number of hydrogen-bond acceptors (Lipinski definition) is 5. The summed E-state index contributed by atoms with van der Waals surface area (Å²) in [7, 11) is 1.63. The van der Waals surface area contributed by atoms with Gasteiger partial charge in [-0.05, 0) is 24.3 Å². The van der Waals surface area contributed by atoms with Crippen molar-refractivity contribution in [1.82, 2.24) is 25.6 Å². The summed E-state index contributed by atoms with van der Waals surface area (Å²) in [6, 6.07) is 10.5. The second-order valence-electron chi connectivity index (χ2n) is 7.99. The van der Waals surface area contributed by atoms with Gasteiger partial charge in [-0.3, -0.25) is 14.6 Å². The number of hydrogen-bond donors (Lipinski definition) is 3. The van der Waals surface area contributed by atoms with Crippen LogP contribution in [0.25, 0.3) is 22.0 Å². The quantitative estimate of drug-likeness (QED) is 0.279. The number of imidazole rings is 1. The van der Waals surface area contributed by atoms with Crippen molar-refractivity contribution in [3.63, 3.8) is 0 Å². The van der Waals surface area contributed by atoms with Crippen molar-refractivity contribution in [1.29, 1.82) is 0 Å². The molecule has 9 heteroatoms. The third kappa shape index (κ3) is 5.48. The van der Waals surface area contributed by atoms with Gasteiger partial charge in [-0.15, -0.1) is 11.3 Å². The average molecular weight is 480 g/mol. The molecule has 0 aliphatic rings. The molecule has 176 valence electrons. The number of unbranched alkanes of at least 4 members (excludes halogenated alkanes) is 2. The maximum absolute atomic E-state index is 15.2. The maximum atomic E-state index is 15.2. The van der Waals surface area contributed by atoms with E-state index in [9.17, 15) is 9.59 Å². The zero-order chi connectivity index (χ0) is 23.9. The van der Waals surface area contributed by atoms with Crippen LogP contribution in [0.5, 0.6) is 0 Å². The third-order valence-electron chi connectivity index (χ3n) is 5.72. The molecule has 2 heterocycles. The molecule has 4 rings (SSSR count). The van der Waals surface area contributed by atoms with Gasteiger partial charge < -0.3 is 15.6 Å². The molecule has 34 heavy (non-hydrogen) atoms. The van der Waals surface area contributed by atoms with Crippen molar-refractivity contribution in [3.8, 4) is 11.3 Å². The summed E-state index contributed by atoms with van der Waals surface area (Å²) in [5, 5.41) is 7.01. The number of carbonyl (C=O) groups excluding carboxylic acids is 2. The van der Waals surface area contributed by atoms with Gasteiger partial charge in [0.15, 0.2) is 0 Å². The molecule has 0 aliphatic heterocycles. The van der Waals surface area contributed by atoms with Gasteiger partial charge in [0, 0.05) is 24.4 Å². The Hall–Kier alpha value is -3.59. The number of H-pyrrole nitrogens is 1. The predicted octanol–water partition coefficient (Wildman–Crippen LogP) is 4.99. The standard InChI is InChI=1S/C25H26FN5O2S/c1-27-22(32)10-4-2-3-9-19(31-25(33)21-14-28-15-34-21)24-29-13-20(30-24)18-12-11-16-7-5-6-8-17(16)23(18)26/h5-8,11-15,19H,2-4,9-10H2,1H3,(H,27,32)(H,29,30)(H,31,33)/t19-/m0/s1. The first-order valence-corrected chi connectivity index (χ1v) is 12.1. The summed E-state index contributed by atoms with van der Waals surface area (Å²) in [6.45, 7) is 0. The molecule has 2 aromatic heterocycles. The fraction of sp³-hybridized carbons (Fsp3) is 0.280. The normalized spacial score (nSPS) is 11.9. The van der Waals surface area contributed by atoms with E-state index in [1.54, 1.807) is 30.9 Å². The maximum Gasteiger partial charge on any atom is 0.263 e. The van der Waals surface area contributed by atoms with E-state index in [2.05, 4.69) is 25.6 Å². The lowest BCUT2D eigenvalue weighted by Gasteiger charge is -2.16. The molecule has 0 spiro atoms. The topological polar surface area (TPSA) is 99.8 Å². The molecule has 0 bridgehead atoms. The first kappa shape index (κ1) is 23.6. The SMILES string of the molecule is CNC(=O)CCCCC[C@H](NC(=O)c1cncs1)c1ncc(-c2ccc3ccccc3c2F)[nH]1. The first-order chi connectivity index (χ1) is 16.6. The molecule has 3 N–H and O–H groups in total. The minimum Gasteiger partial charge on any atom is -0.359 e. The summed E-state index contributed by atoms with van der Waals surface area (Å²) in [5.41, 5.74) is 2.58. The number of halogens is 1. The highest BCUT2D eigenvalue weighted by atomic mass is 32.1. The van der Waals surface area contributed by atoms with Crippen LogP contribution >= 0.6 is 11.3 Å². The van der Waals surface area contributed by atoms with E-state index in [0.717, 1.165) is 24.6 Å². The van der Waals surface area contributed by atoms with Crippen LogP contribution in [0, 0.1) is 5.82 Å². The summed E-state index contributed by atoms with van der Waals surface area (Å²) in [5.74, 6) is 0.0373. The van der Waals surface area contributed by atoms with Crippen LogP contribution in [0.2, 0.25) is 0 Å². The largest absolute Gasteiger partial charge is 0.359 e. The van der Waals surface area contributed by atoms with E-state index in [4.69, 9.17) is 0 Å². The van der Waals surface area contributed by atoms with Crippen molar-refractivity contribution in [2.75, 3.05) is 7.05 Å². The highest BCUT2D eigenvalue weighted by Gasteiger charge is 2.21. The third-order valence-corrected chi connectivity index (χ3v) is 6.49. The Bertz CT molecular complexity index is 1270. The smallest absolute Gasteiger partial charge is 0.263 e. The van der Waals surface area contributed by atoms with Gasteiger partial charge in [0.2, 0.25) is 5.91 Å². The van der Waals surface area contributed by atoms with Crippen molar-refractivity contribution in [3.05, 3.63) is 70.8 Å². The number of benzene rings is 2. The molecule has 0 unspecified atom stereocenters. The van der Waals surface area contributed by atoms with Gasteiger partial charge >= 0.3 is 0 Å². The van der Waals surface area contributed by atoms with Crippen LogP contribution in [0.3, 0.4) is 0 Å². The zero-order valence-corrected chi connectivity index (χ0v) is 19.6. The van der Waals surface area contributed by atoms with E-state index < -0.39 is 0 Å². The number of aromatic amines is 1. The number of thiazole rings is 1. The molecular weight excluding hydrogens is 453 g/mol. The number of nitrogens with zero attached hydrogens (tertiary/aromatic N) is 2. The predicted molar refractivity (Wildman–Crippen MR) is 131 cm³/mol. The molecule has 0 saturated carbocycles. The van der Waals surface area contributed by atoms with Crippen LogP contribution in [0.15, 0.2) is 54.3 Å². The molecule has 0 radical (unpaired) electrons. The fourth-order valence-electron chi connectivity index (χ4n) is 3.86. The Labute approximate surface area is 200 Å². The van der Waals surface area contributed by atoms with Gasteiger partial charge in [-0.2, -0.15) is 0 Å². The lowest BCUT2D eigenvalue weighted by molar-refractivity contribution is -0.120. The molecule has 1 atom stereocenters. The van der Waals surface area contributed by atoms with E-state index in [0.29, 0.717) is 40.2 Å². The number of carbonyl (C=O) groups is 2. The first-order valence-electron chi connectivity index (χ1n) is 11.2. The number of rotatable bonds is 10. The minimum absolute atomic E-state index is 0.0168. The number of fused-ring (bicyclic) bond motifs is 1. The fourth-order valence-corrected chi connectivity index (χ4v) is 4.39. The molecule has 0 saturated heterocycles. The van der Waals surface area contributed by atoms with E-state index in [1.807, 2.05) is 24.3 Å². The molecule has 0 aliphatic carbocycles. The molecule has 2 amide bonds. The number of nitrogens with one attached hydrogen (secondary N) is 3. The van der Waals surface area contributed by atoms with Gasteiger partial charge in [0.05, 0.1) is 29.6 Å². The Morgan fingerprint density at radius 3 is 2.76 bits per heavy atom. The minimum atomic E-state index is -0.383. The lowest BCUT2D eigenvalue weighted by Crippen LogP contribution is -2.28. The lowest BCUT2D eigenvalue weighted by atomic mass is 10.0. The van der Waals surface area contributed by atoms with E-state index in [1.165, 1.54) is 17.5 Å². The van der Waals surface area contributed by atoms with Gasteiger partial charge in [0.25, 0.3) is 5.91 Å². The number of aromatic nitrogens is 3. The zero-order valence-electron chi connectivity index (χ0n) is 18.8. The van der Waals surface area contributed by atoms with E-state index >= 15 is 4.39 Å². The summed E-state index contributed by atoms with van der Waals surface area (Å²) in [4.78, 5) is 36.3. The van der Waals surface area contributed by atoms with Crippen molar-refractivity contribution in [2.24, 2.45) is 0 Å². The molecule has 4 aromatic rings. The van der Waals surface area contributed by atoms with Crippen molar-refractivity contribution >= 4 is 33.9 Å². The average Bonchev–Trinajstić information content (AvgIpc) is 3.56. The molecular formula is C25H26FN5O2S. The van der Waals surface area contributed by atoms with E-state index in [-0.39, 0.29) is 23.7 Å². The molecule has 0 fully saturated rings. The molecule has 2 aromatic carbocycles. The Kier molecular flexibility index (Phi) is 7.64. The van der Waals surface area contributed by atoms with Gasteiger partial charge in [-0.1, -0.05) is 43.2 Å². The van der Waals surface area contributed by atoms with Gasteiger partial charge in [0.1, 0.15) is 16.5 Å². The van der Waals surface area contributed by atoms with Crippen molar-refractivity contribution < 1.29 is 14.0 Å². The van der Waals surface area contributed by atoms with Crippen LogP contribution in [-0.2, 0) is 4.79 Å². The Morgan fingerprint density at radius 1 is 1.12 bits per heavy atom. The van der Waals surface area contributed by atoms with Crippen LogP contribution in [0.4, 0.5) is 4.39 Å². The van der Waals surface area contributed by atoms with Crippen LogP contribution in [-0.4, -0.2) is 33.8 Å². The second-order valence-corrected chi connectivity index (χ2v) is 8.88. The van der Waals surface area contributed by atoms with Crippen molar-refractivity contribution in [2.45, 2.75) is 38.1 Å². The highest BCUT2D eigenvalue weighted by Crippen LogP contribution is 2.29. The summed E-state index contributed by atoms with van der Waals surface area (Å²) in [6.07, 6.45) is 6.63. The molecule has 7 nitrogen and oxygen atoms in total. The monoisotopic (exact) mass is 479 g/mol. The highest BCUT2D eigenvalue weighted by molar-refractivity contribution is 7.11.